The van der Waals surface area contributed by atoms with Gasteiger partial charge in [0.05, 0.1) is 0 Å². The molecule has 0 saturated heterocycles. The highest BCUT2D eigenvalue weighted by molar-refractivity contribution is 5.10. The summed E-state index contributed by atoms with van der Waals surface area (Å²) in [6, 6.07) is 0. The molecule has 12 heavy (non-hydrogen) atoms. The molecule has 1 aliphatic rings. The number of unbranched alkanes of at least 4 members (excludes halogenated alkanes) is 1. The molecule has 1 unspecified atom stereocenters. The smallest absolute Gasteiger partial charge is 0.0431 e. The topological polar surface area (TPSA) is 20.2 Å². The standard InChI is InChI=1S/C11H20O/c1-2-10-6-7-11(9-10)5-3-4-8-12/h9-10,12H,2-8H2,1H3. The number of aliphatic hydroxyl groups excluding tert-OH is 1. The fourth-order valence-electron chi connectivity index (χ4n) is 1.86. The van der Waals surface area contributed by atoms with Gasteiger partial charge in [-0.1, -0.05) is 18.6 Å². The average molecular weight is 168 g/mol. The second-order valence-electron chi connectivity index (χ2n) is 3.71. The Bertz CT molecular complexity index is 149. The minimum absolute atomic E-state index is 0.352. The van der Waals surface area contributed by atoms with Crippen molar-refractivity contribution in [2.75, 3.05) is 6.61 Å². The Hall–Kier alpha value is -0.300. The normalized spacial score (nSPS) is 22.8. The van der Waals surface area contributed by atoms with Gasteiger partial charge < -0.3 is 5.11 Å². The minimum Gasteiger partial charge on any atom is -0.396 e. The quantitative estimate of drug-likeness (QED) is 0.494. The lowest BCUT2D eigenvalue weighted by Gasteiger charge is -1.98. The number of hydrogen-bond acceptors (Lipinski definition) is 1. The van der Waals surface area contributed by atoms with Crippen molar-refractivity contribution in [1.29, 1.82) is 0 Å². The Labute approximate surface area is 75.5 Å². The third-order valence-corrected chi connectivity index (χ3v) is 2.74. The average Bonchev–Trinajstić information content (AvgIpc) is 2.53. The Kier molecular flexibility index (Phi) is 4.37. The largest absolute Gasteiger partial charge is 0.396 e. The molecule has 1 nitrogen and oxygen atoms in total. The summed E-state index contributed by atoms with van der Waals surface area (Å²) >= 11 is 0. The molecular formula is C11H20O. The van der Waals surface area contributed by atoms with Crippen LogP contribution in [0.3, 0.4) is 0 Å². The van der Waals surface area contributed by atoms with E-state index in [0.717, 1.165) is 12.3 Å². The molecule has 0 spiro atoms. The van der Waals surface area contributed by atoms with Gasteiger partial charge in [-0.2, -0.15) is 0 Å². The fraction of sp³-hybridized carbons (Fsp3) is 0.818. The molecule has 0 bridgehead atoms. The Morgan fingerprint density at radius 2 is 2.33 bits per heavy atom. The summed E-state index contributed by atoms with van der Waals surface area (Å²) in [5.41, 5.74) is 1.63. The van der Waals surface area contributed by atoms with E-state index in [1.807, 2.05) is 0 Å². The van der Waals surface area contributed by atoms with Crippen LogP contribution in [0, 0.1) is 5.92 Å². The van der Waals surface area contributed by atoms with Crippen LogP contribution in [0.4, 0.5) is 0 Å². The van der Waals surface area contributed by atoms with Crippen LogP contribution in [0.2, 0.25) is 0 Å². The molecule has 0 aromatic heterocycles. The summed E-state index contributed by atoms with van der Waals surface area (Å²) < 4.78 is 0. The zero-order valence-corrected chi connectivity index (χ0v) is 8.05. The first kappa shape index (κ1) is 9.79. The second kappa shape index (κ2) is 5.36. The van der Waals surface area contributed by atoms with E-state index >= 15 is 0 Å². The molecule has 0 fully saturated rings. The summed E-state index contributed by atoms with van der Waals surface area (Å²) in [5, 5.41) is 8.62. The van der Waals surface area contributed by atoms with Crippen LogP contribution in [-0.4, -0.2) is 11.7 Å². The van der Waals surface area contributed by atoms with Crippen molar-refractivity contribution in [3.63, 3.8) is 0 Å². The molecular weight excluding hydrogens is 148 g/mol. The van der Waals surface area contributed by atoms with Crippen LogP contribution >= 0.6 is 0 Å². The summed E-state index contributed by atoms with van der Waals surface area (Å²) in [7, 11) is 0. The van der Waals surface area contributed by atoms with E-state index in [1.165, 1.54) is 32.1 Å². The Morgan fingerprint density at radius 3 is 2.92 bits per heavy atom. The molecule has 0 aromatic rings. The number of hydrogen-bond donors (Lipinski definition) is 1. The van der Waals surface area contributed by atoms with E-state index in [1.54, 1.807) is 5.57 Å². The highest BCUT2D eigenvalue weighted by Gasteiger charge is 2.12. The zero-order chi connectivity index (χ0) is 8.81. The third kappa shape index (κ3) is 2.98. The first-order valence-corrected chi connectivity index (χ1v) is 5.17. The molecule has 1 heteroatoms. The first-order chi connectivity index (χ1) is 5.86. The first-order valence-electron chi connectivity index (χ1n) is 5.17. The summed E-state index contributed by atoms with van der Waals surface area (Å²) in [6.07, 6.45) is 9.78. The molecule has 0 heterocycles. The van der Waals surface area contributed by atoms with Crippen molar-refractivity contribution in [2.45, 2.75) is 45.4 Å². The lowest BCUT2D eigenvalue weighted by Crippen LogP contribution is -1.85. The maximum atomic E-state index is 8.62. The van der Waals surface area contributed by atoms with Crippen LogP contribution in [-0.2, 0) is 0 Å². The molecule has 0 aromatic carbocycles. The van der Waals surface area contributed by atoms with Gasteiger partial charge in [-0.25, -0.2) is 0 Å². The molecule has 0 aliphatic heterocycles. The minimum atomic E-state index is 0.352. The molecule has 1 atom stereocenters. The van der Waals surface area contributed by atoms with Crippen LogP contribution in [0.5, 0.6) is 0 Å². The van der Waals surface area contributed by atoms with Gasteiger partial charge in [0, 0.05) is 6.61 Å². The van der Waals surface area contributed by atoms with Gasteiger partial charge in [0.25, 0.3) is 0 Å². The lowest BCUT2D eigenvalue weighted by molar-refractivity contribution is 0.284. The SMILES string of the molecule is CCC1C=C(CCCCO)CC1. The number of allylic oxidation sites excluding steroid dienone is 2. The monoisotopic (exact) mass is 168 g/mol. The second-order valence-corrected chi connectivity index (χ2v) is 3.71. The van der Waals surface area contributed by atoms with E-state index < -0.39 is 0 Å². The maximum Gasteiger partial charge on any atom is 0.0431 e. The van der Waals surface area contributed by atoms with Crippen LogP contribution < -0.4 is 0 Å². The van der Waals surface area contributed by atoms with Crippen molar-refractivity contribution < 1.29 is 5.11 Å². The predicted octanol–water partition coefficient (Wildman–Crippen LogP) is 2.90. The van der Waals surface area contributed by atoms with Gasteiger partial charge in [-0.15, -0.1) is 0 Å². The molecule has 70 valence electrons. The maximum absolute atomic E-state index is 8.62. The third-order valence-electron chi connectivity index (χ3n) is 2.74. The number of rotatable bonds is 5. The predicted molar refractivity (Wildman–Crippen MR) is 52.0 cm³/mol. The molecule has 0 radical (unpaired) electrons. The van der Waals surface area contributed by atoms with Gasteiger partial charge in [0.2, 0.25) is 0 Å². The van der Waals surface area contributed by atoms with Crippen molar-refractivity contribution in [3.8, 4) is 0 Å². The zero-order valence-electron chi connectivity index (χ0n) is 8.05. The van der Waals surface area contributed by atoms with E-state index in [0.29, 0.717) is 6.61 Å². The summed E-state index contributed by atoms with van der Waals surface area (Å²) in [4.78, 5) is 0. The Balaban J connectivity index is 2.16. The fourth-order valence-corrected chi connectivity index (χ4v) is 1.86. The van der Waals surface area contributed by atoms with Crippen LogP contribution in [0.15, 0.2) is 11.6 Å². The van der Waals surface area contributed by atoms with Crippen molar-refractivity contribution in [2.24, 2.45) is 5.92 Å². The van der Waals surface area contributed by atoms with Crippen molar-refractivity contribution in [1.82, 2.24) is 0 Å². The van der Waals surface area contributed by atoms with Crippen molar-refractivity contribution in [3.05, 3.63) is 11.6 Å². The molecule has 0 amide bonds. The molecule has 1 aliphatic carbocycles. The van der Waals surface area contributed by atoms with Gasteiger partial charge in [0.15, 0.2) is 0 Å². The van der Waals surface area contributed by atoms with Crippen LogP contribution in [0.25, 0.3) is 0 Å². The molecule has 0 saturated carbocycles. The van der Waals surface area contributed by atoms with Gasteiger partial charge in [0.1, 0.15) is 0 Å². The Morgan fingerprint density at radius 1 is 1.50 bits per heavy atom. The van der Waals surface area contributed by atoms with Crippen LogP contribution in [0.1, 0.15) is 45.4 Å². The van der Waals surface area contributed by atoms with E-state index in [-0.39, 0.29) is 0 Å². The van der Waals surface area contributed by atoms with E-state index in [4.69, 9.17) is 5.11 Å². The molecule has 1 N–H and O–H groups in total. The highest BCUT2D eigenvalue weighted by atomic mass is 16.2. The molecule has 1 rings (SSSR count). The summed E-state index contributed by atoms with van der Waals surface area (Å²) in [5.74, 6) is 0.856. The van der Waals surface area contributed by atoms with Gasteiger partial charge >= 0.3 is 0 Å². The lowest BCUT2D eigenvalue weighted by atomic mass is 10.1. The van der Waals surface area contributed by atoms with E-state index in [9.17, 15) is 0 Å². The highest BCUT2D eigenvalue weighted by Crippen LogP contribution is 2.29. The summed E-state index contributed by atoms with van der Waals surface area (Å²) in [6.45, 7) is 2.61. The van der Waals surface area contributed by atoms with Gasteiger partial charge in [-0.05, 0) is 44.4 Å². The number of aliphatic hydroxyl groups is 1. The van der Waals surface area contributed by atoms with Crippen molar-refractivity contribution >= 4 is 0 Å². The van der Waals surface area contributed by atoms with E-state index in [2.05, 4.69) is 13.0 Å². The van der Waals surface area contributed by atoms with Gasteiger partial charge in [-0.3, -0.25) is 0 Å².